The van der Waals surface area contributed by atoms with Crippen molar-refractivity contribution in [2.75, 3.05) is 19.0 Å². The lowest BCUT2D eigenvalue weighted by Gasteiger charge is -2.20. The van der Waals surface area contributed by atoms with Crippen LogP contribution in [0, 0.1) is 11.7 Å². The molecule has 1 atom stereocenters. The molecule has 0 spiro atoms. The zero-order chi connectivity index (χ0) is 26.8. The normalized spacial score (nSPS) is 13.7. The molecule has 1 aliphatic carbocycles. The number of pyridine rings is 1. The van der Waals surface area contributed by atoms with Crippen LogP contribution in [0.5, 0.6) is 11.6 Å². The van der Waals surface area contributed by atoms with Crippen molar-refractivity contribution in [3.63, 3.8) is 0 Å². The number of hydrogen-bond acceptors (Lipinski definition) is 7. The highest BCUT2D eigenvalue weighted by molar-refractivity contribution is 5.97. The second-order valence-corrected chi connectivity index (χ2v) is 9.21. The summed E-state index contributed by atoms with van der Waals surface area (Å²) in [5.41, 5.74) is 2.06. The molecule has 1 aliphatic rings. The molecule has 5 rings (SSSR count). The van der Waals surface area contributed by atoms with E-state index in [1.165, 1.54) is 24.6 Å². The average Bonchev–Trinajstić information content (AvgIpc) is 3.64. The van der Waals surface area contributed by atoms with E-state index < -0.39 is 17.8 Å². The van der Waals surface area contributed by atoms with E-state index >= 15 is 0 Å². The van der Waals surface area contributed by atoms with Crippen LogP contribution in [0.4, 0.5) is 10.2 Å². The fourth-order valence-corrected chi connectivity index (χ4v) is 4.10. The van der Waals surface area contributed by atoms with Crippen LogP contribution in [-0.2, 0) is 4.79 Å². The Morgan fingerprint density at radius 1 is 1.24 bits per heavy atom. The van der Waals surface area contributed by atoms with Gasteiger partial charge in [-0.25, -0.2) is 18.9 Å². The minimum absolute atomic E-state index is 0.119. The second-order valence-electron chi connectivity index (χ2n) is 9.21. The number of amides is 2. The number of ether oxygens (including phenoxy) is 2. The maximum atomic E-state index is 14.8. The quantitative estimate of drug-likeness (QED) is 0.341. The topological polar surface area (TPSA) is 120 Å². The Bertz CT molecular complexity index is 1520. The summed E-state index contributed by atoms with van der Waals surface area (Å²) >= 11 is 0. The summed E-state index contributed by atoms with van der Waals surface area (Å²) in [4.78, 5) is 33.3. The first-order valence-electron chi connectivity index (χ1n) is 12.2. The fourth-order valence-electron chi connectivity index (χ4n) is 4.10. The summed E-state index contributed by atoms with van der Waals surface area (Å²) in [6.07, 6.45) is 5.35. The number of anilines is 1. The van der Waals surface area contributed by atoms with Gasteiger partial charge in [0.05, 0.1) is 37.2 Å². The van der Waals surface area contributed by atoms with Crippen molar-refractivity contribution in [3.05, 3.63) is 65.7 Å². The molecule has 0 aliphatic heterocycles. The number of imidazole rings is 1. The minimum atomic E-state index is -0.682. The van der Waals surface area contributed by atoms with Gasteiger partial charge in [0.1, 0.15) is 17.1 Å². The van der Waals surface area contributed by atoms with Crippen LogP contribution in [-0.4, -0.2) is 45.1 Å². The van der Waals surface area contributed by atoms with Crippen LogP contribution in [0.3, 0.4) is 0 Å². The predicted octanol–water partition coefficient (Wildman–Crippen LogP) is 4.18. The number of carbonyl (C=O) groups is 2. The molecule has 2 N–H and O–H groups in total. The lowest BCUT2D eigenvalue weighted by molar-refractivity contribution is -0.114. The molecule has 0 bridgehead atoms. The van der Waals surface area contributed by atoms with E-state index in [-0.39, 0.29) is 22.9 Å². The van der Waals surface area contributed by atoms with Crippen molar-refractivity contribution in [2.24, 2.45) is 5.92 Å². The zero-order valence-electron chi connectivity index (χ0n) is 21.2. The number of methoxy groups -OCH3 is 1. The first-order valence-corrected chi connectivity index (χ1v) is 12.2. The second kappa shape index (κ2) is 10.4. The van der Waals surface area contributed by atoms with Gasteiger partial charge in [0.2, 0.25) is 11.8 Å². The molecule has 3 heterocycles. The maximum absolute atomic E-state index is 14.8. The summed E-state index contributed by atoms with van der Waals surface area (Å²) in [5, 5.41) is 9.99. The van der Waals surface area contributed by atoms with Gasteiger partial charge in [-0.1, -0.05) is 6.07 Å². The van der Waals surface area contributed by atoms with Crippen molar-refractivity contribution >= 4 is 23.3 Å². The maximum Gasteiger partial charge on any atom is 0.257 e. The summed E-state index contributed by atoms with van der Waals surface area (Å²) in [6, 6.07) is 9.05. The molecule has 38 heavy (non-hydrogen) atoms. The Morgan fingerprint density at radius 3 is 2.79 bits per heavy atom. The molecule has 1 fully saturated rings. The van der Waals surface area contributed by atoms with Crippen molar-refractivity contribution in [1.82, 2.24) is 24.9 Å². The summed E-state index contributed by atoms with van der Waals surface area (Å²) in [6.45, 7) is 3.62. The van der Waals surface area contributed by atoms with E-state index in [2.05, 4.69) is 25.7 Å². The Morgan fingerprint density at radius 2 is 2.05 bits per heavy atom. The van der Waals surface area contributed by atoms with Gasteiger partial charge in [0, 0.05) is 18.7 Å². The monoisotopic (exact) mass is 518 g/mol. The van der Waals surface area contributed by atoms with Gasteiger partial charge < -0.3 is 20.1 Å². The van der Waals surface area contributed by atoms with Crippen LogP contribution in [0.1, 0.15) is 48.7 Å². The number of carbonyl (C=O) groups excluding carboxylic acids is 2. The van der Waals surface area contributed by atoms with Crippen LogP contribution in [0.15, 0.2) is 48.8 Å². The van der Waals surface area contributed by atoms with Crippen LogP contribution in [0.2, 0.25) is 0 Å². The molecular weight excluding hydrogens is 491 g/mol. The van der Waals surface area contributed by atoms with Crippen LogP contribution >= 0.6 is 0 Å². The van der Waals surface area contributed by atoms with E-state index in [4.69, 9.17) is 9.47 Å². The van der Waals surface area contributed by atoms with Gasteiger partial charge in [-0.2, -0.15) is 5.10 Å². The van der Waals surface area contributed by atoms with E-state index in [1.54, 1.807) is 49.6 Å². The third kappa shape index (κ3) is 5.41. The summed E-state index contributed by atoms with van der Waals surface area (Å²) in [5.74, 6) is 0.223. The molecule has 2 amide bonds. The number of fused-ring (bicyclic) bond motifs is 1. The molecule has 196 valence electrons. The first kappa shape index (κ1) is 25.1. The van der Waals surface area contributed by atoms with Gasteiger partial charge in [-0.15, -0.1) is 0 Å². The van der Waals surface area contributed by atoms with Gasteiger partial charge in [0.15, 0.2) is 11.5 Å². The Balaban J connectivity index is 1.40. The van der Waals surface area contributed by atoms with Gasteiger partial charge in [0.25, 0.3) is 5.91 Å². The molecule has 3 aromatic heterocycles. The molecule has 4 aromatic rings. The molecule has 11 heteroatoms. The van der Waals surface area contributed by atoms with E-state index in [9.17, 15) is 14.0 Å². The number of aromatic nitrogens is 4. The number of nitrogens with zero attached hydrogens (tertiary/aromatic N) is 4. The number of rotatable bonds is 9. The van der Waals surface area contributed by atoms with Crippen LogP contribution in [0.25, 0.3) is 16.9 Å². The van der Waals surface area contributed by atoms with Crippen molar-refractivity contribution in [2.45, 2.75) is 32.7 Å². The van der Waals surface area contributed by atoms with Gasteiger partial charge in [-0.3, -0.25) is 9.59 Å². The predicted molar refractivity (Wildman–Crippen MR) is 138 cm³/mol. The Labute approximate surface area is 218 Å². The molecule has 0 radical (unpaired) electrons. The largest absolute Gasteiger partial charge is 0.493 e. The van der Waals surface area contributed by atoms with Gasteiger partial charge in [-0.05, 0) is 56.0 Å². The standard InChI is InChI=1S/C27H27FN6O4/c1-15(25-20(28)5-4-6-22(25)38-14-17-7-8-17)30-26(36)19-11-18(12-29-27(19)37-3)21-9-10-24-32-23(31-16(2)35)13-34(24)33-21/h4-6,9-13,15,17H,7-8,14H2,1-3H3,(H,30,36)(H,31,35). The van der Waals surface area contributed by atoms with Crippen molar-refractivity contribution in [3.8, 4) is 22.9 Å². The fraction of sp³-hybridized carbons (Fsp3) is 0.296. The van der Waals surface area contributed by atoms with Crippen LogP contribution < -0.4 is 20.1 Å². The number of nitrogens with one attached hydrogen (secondary N) is 2. The summed E-state index contributed by atoms with van der Waals surface area (Å²) in [7, 11) is 1.42. The highest BCUT2D eigenvalue weighted by Gasteiger charge is 2.25. The van der Waals surface area contributed by atoms with Crippen molar-refractivity contribution < 1.29 is 23.5 Å². The third-order valence-corrected chi connectivity index (χ3v) is 6.17. The lowest BCUT2D eigenvalue weighted by Crippen LogP contribution is -2.28. The zero-order valence-corrected chi connectivity index (χ0v) is 21.2. The smallest absolute Gasteiger partial charge is 0.257 e. The molecular formula is C27H27FN6O4. The SMILES string of the molecule is COc1ncc(-c2ccc3nc(NC(C)=O)cn3n2)cc1C(=O)NC(C)c1c(F)cccc1OCC1CC1. The van der Waals surface area contributed by atoms with E-state index in [1.807, 2.05) is 0 Å². The van der Waals surface area contributed by atoms with Gasteiger partial charge >= 0.3 is 0 Å². The molecule has 1 unspecified atom stereocenters. The number of benzene rings is 1. The molecule has 1 aromatic carbocycles. The first-order chi connectivity index (χ1) is 18.3. The highest BCUT2D eigenvalue weighted by atomic mass is 19.1. The van der Waals surface area contributed by atoms with E-state index in [0.29, 0.717) is 41.0 Å². The Hall–Kier alpha value is -4.54. The number of hydrogen-bond donors (Lipinski definition) is 2. The summed E-state index contributed by atoms with van der Waals surface area (Å²) < 4.78 is 27.5. The third-order valence-electron chi connectivity index (χ3n) is 6.17. The van der Waals surface area contributed by atoms with E-state index in [0.717, 1.165) is 12.8 Å². The minimum Gasteiger partial charge on any atom is -0.493 e. The highest BCUT2D eigenvalue weighted by Crippen LogP contribution is 2.33. The molecule has 1 saturated carbocycles. The Kier molecular flexibility index (Phi) is 6.91. The average molecular weight is 519 g/mol. The molecule has 0 saturated heterocycles. The van der Waals surface area contributed by atoms with Crippen molar-refractivity contribution in [1.29, 1.82) is 0 Å². The molecule has 10 nitrogen and oxygen atoms in total. The lowest BCUT2D eigenvalue weighted by atomic mass is 10.1. The number of halogens is 1.